The van der Waals surface area contributed by atoms with Crippen LogP contribution in [-0.2, 0) is 34.8 Å². The first-order chi connectivity index (χ1) is 18.7. The number of nitrogens with zero attached hydrogens (tertiary/aromatic N) is 3. The summed E-state index contributed by atoms with van der Waals surface area (Å²) in [5.41, 5.74) is 3.77. The van der Waals surface area contributed by atoms with E-state index in [9.17, 15) is 13.2 Å². The molecule has 1 aromatic heterocycles. The van der Waals surface area contributed by atoms with Crippen LogP contribution in [0.25, 0.3) is 0 Å². The van der Waals surface area contributed by atoms with E-state index in [0.717, 1.165) is 34.6 Å². The molecule has 2 atom stereocenters. The van der Waals surface area contributed by atoms with Crippen LogP contribution in [0, 0.1) is 0 Å². The molecule has 3 aromatic carbocycles. The van der Waals surface area contributed by atoms with E-state index in [-0.39, 0.29) is 16.7 Å². The highest BCUT2D eigenvalue weighted by Crippen LogP contribution is 2.36. The molecule has 202 valence electrons. The van der Waals surface area contributed by atoms with Crippen LogP contribution in [0.5, 0.6) is 0 Å². The minimum Gasteiger partial charge on any atom is -0.337 e. The Morgan fingerprint density at radius 3 is 2.64 bits per heavy atom. The van der Waals surface area contributed by atoms with Crippen LogP contribution in [0.3, 0.4) is 0 Å². The van der Waals surface area contributed by atoms with Gasteiger partial charge in [-0.3, -0.25) is 4.79 Å². The molecule has 1 aliphatic carbocycles. The summed E-state index contributed by atoms with van der Waals surface area (Å²) >= 11 is 6.04. The molecular formula is C30H31ClN4O3S. The number of sulfonamides is 1. The van der Waals surface area contributed by atoms with Gasteiger partial charge in [0.15, 0.2) is 0 Å². The Morgan fingerprint density at radius 2 is 1.92 bits per heavy atom. The Labute approximate surface area is 234 Å². The first-order valence-electron chi connectivity index (χ1n) is 12.9. The molecule has 0 radical (unpaired) electrons. The van der Waals surface area contributed by atoms with Gasteiger partial charge < -0.3 is 9.47 Å². The number of carbonyl (C=O) groups excluding carboxylic acids is 1. The lowest BCUT2D eigenvalue weighted by atomic mass is 9.97. The largest absolute Gasteiger partial charge is 0.337 e. The fraction of sp³-hybridized carbons (Fsp3) is 0.267. The quantitative estimate of drug-likeness (QED) is 0.281. The second-order valence-electron chi connectivity index (χ2n) is 10.0. The van der Waals surface area contributed by atoms with Gasteiger partial charge in [0, 0.05) is 42.6 Å². The summed E-state index contributed by atoms with van der Waals surface area (Å²) < 4.78 is 31.0. The smallest absolute Gasteiger partial charge is 0.241 e. The van der Waals surface area contributed by atoms with Gasteiger partial charge in [0.05, 0.1) is 11.4 Å². The van der Waals surface area contributed by atoms with Crippen molar-refractivity contribution >= 4 is 33.2 Å². The highest BCUT2D eigenvalue weighted by molar-refractivity contribution is 7.89. The number of imidazole rings is 1. The van der Waals surface area contributed by atoms with Gasteiger partial charge in [-0.05, 0) is 65.8 Å². The summed E-state index contributed by atoms with van der Waals surface area (Å²) in [6, 6.07) is 21.7. The van der Waals surface area contributed by atoms with Crippen molar-refractivity contribution in [3.63, 3.8) is 0 Å². The summed E-state index contributed by atoms with van der Waals surface area (Å²) in [4.78, 5) is 20.1. The molecule has 1 heterocycles. The lowest BCUT2D eigenvalue weighted by Gasteiger charge is -2.26. The molecule has 1 N–H and O–H groups in total. The normalized spacial score (nSPS) is 15.6. The van der Waals surface area contributed by atoms with Crippen molar-refractivity contribution in [2.24, 2.45) is 7.05 Å². The Hall–Kier alpha value is -3.46. The minimum absolute atomic E-state index is 0.0247. The van der Waals surface area contributed by atoms with Crippen molar-refractivity contribution in [1.29, 1.82) is 0 Å². The average Bonchev–Trinajstić information content (AvgIpc) is 3.52. The number of carbonyl (C=O) groups is 1. The highest BCUT2D eigenvalue weighted by Gasteiger charge is 2.30. The van der Waals surface area contributed by atoms with Crippen molar-refractivity contribution < 1.29 is 13.2 Å². The number of nitrogens with one attached hydrogen (secondary N) is 1. The number of anilines is 1. The molecule has 1 aliphatic rings. The zero-order chi connectivity index (χ0) is 27.6. The van der Waals surface area contributed by atoms with Crippen LogP contribution in [0.15, 0.2) is 90.1 Å². The maximum Gasteiger partial charge on any atom is 0.241 e. The van der Waals surface area contributed by atoms with Gasteiger partial charge in [0.25, 0.3) is 0 Å². The summed E-state index contributed by atoms with van der Waals surface area (Å²) in [5, 5.41) is 0.361. The van der Waals surface area contributed by atoms with Gasteiger partial charge >= 0.3 is 0 Å². The molecule has 1 amide bonds. The van der Waals surface area contributed by atoms with Gasteiger partial charge in [-0.15, -0.1) is 0 Å². The number of amides is 1. The second-order valence-corrected chi connectivity index (χ2v) is 12.2. The van der Waals surface area contributed by atoms with E-state index in [2.05, 4.69) is 16.6 Å². The van der Waals surface area contributed by atoms with Gasteiger partial charge in [-0.2, -0.15) is 0 Å². The number of hydrogen-bond acceptors (Lipinski definition) is 4. The number of benzene rings is 3. The molecule has 0 unspecified atom stereocenters. The summed E-state index contributed by atoms with van der Waals surface area (Å²) in [6.45, 7) is 2.36. The molecular weight excluding hydrogens is 532 g/mol. The monoisotopic (exact) mass is 562 g/mol. The molecule has 0 saturated carbocycles. The lowest BCUT2D eigenvalue weighted by molar-refractivity contribution is -0.119. The predicted molar refractivity (Wildman–Crippen MR) is 153 cm³/mol. The van der Waals surface area contributed by atoms with E-state index in [1.807, 2.05) is 66.3 Å². The Bertz CT molecular complexity index is 1590. The molecule has 7 nitrogen and oxygen atoms in total. The van der Waals surface area contributed by atoms with Crippen LogP contribution in [0.1, 0.15) is 54.2 Å². The van der Waals surface area contributed by atoms with E-state index >= 15 is 0 Å². The maximum absolute atomic E-state index is 13.8. The van der Waals surface area contributed by atoms with Gasteiger partial charge in [0.2, 0.25) is 15.9 Å². The highest BCUT2D eigenvalue weighted by atomic mass is 35.5. The zero-order valence-corrected chi connectivity index (χ0v) is 23.5. The summed E-state index contributed by atoms with van der Waals surface area (Å²) in [6.07, 6.45) is 5.28. The maximum atomic E-state index is 13.8. The number of fused-ring (bicyclic) bond motifs is 1. The fourth-order valence-electron chi connectivity index (χ4n) is 5.05. The molecule has 0 saturated heterocycles. The average molecular weight is 563 g/mol. The molecule has 0 fully saturated rings. The molecule has 9 heteroatoms. The van der Waals surface area contributed by atoms with E-state index in [1.165, 1.54) is 12.1 Å². The van der Waals surface area contributed by atoms with Crippen LogP contribution in [0.2, 0.25) is 5.02 Å². The van der Waals surface area contributed by atoms with Gasteiger partial charge in [-0.25, -0.2) is 18.1 Å². The van der Waals surface area contributed by atoms with Crippen LogP contribution in [0.4, 0.5) is 5.69 Å². The van der Waals surface area contributed by atoms with Crippen LogP contribution < -0.4 is 9.62 Å². The number of aryl methyl sites for hydroxylation is 2. The van der Waals surface area contributed by atoms with Crippen LogP contribution in [-0.4, -0.2) is 23.9 Å². The van der Waals surface area contributed by atoms with E-state index in [1.54, 1.807) is 23.2 Å². The Morgan fingerprint density at radius 1 is 1.13 bits per heavy atom. The van der Waals surface area contributed by atoms with Crippen molar-refractivity contribution in [3.8, 4) is 0 Å². The van der Waals surface area contributed by atoms with E-state index in [4.69, 9.17) is 11.6 Å². The van der Waals surface area contributed by atoms with Crippen molar-refractivity contribution in [3.05, 3.63) is 113 Å². The third-order valence-corrected chi connectivity index (χ3v) is 9.00. The molecule has 4 aromatic rings. The Kier molecular flexibility index (Phi) is 7.88. The van der Waals surface area contributed by atoms with Gasteiger partial charge in [-0.1, -0.05) is 61.0 Å². The van der Waals surface area contributed by atoms with Crippen molar-refractivity contribution in [2.75, 3.05) is 4.90 Å². The molecule has 0 aliphatic heterocycles. The first-order valence-corrected chi connectivity index (χ1v) is 14.8. The first kappa shape index (κ1) is 27.1. The summed E-state index contributed by atoms with van der Waals surface area (Å²) in [5.74, 6) is 0.770. The number of aromatic nitrogens is 2. The van der Waals surface area contributed by atoms with Crippen molar-refractivity contribution in [2.45, 2.75) is 49.6 Å². The fourth-order valence-corrected chi connectivity index (χ4v) is 6.61. The van der Waals surface area contributed by atoms with Gasteiger partial charge in [0.1, 0.15) is 5.82 Å². The number of rotatable bonds is 9. The van der Waals surface area contributed by atoms with Crippen LogP contribution >= 0.6 is 11.6 Å². The summed E-state index contributed by atoms with van der Waals surface area (Å²) in [7, 11) is -1.88. The standard InChI is InChI=1S/C30H31ClN4O3S/c1-21(22-7-4-3-5-8-22)17-30(36)35(20-29-32-15-16-34(29)2)25-13-11-23-12-14-28(27(23)19-25)33-39(37,38)26-10-6-9-24(31)18-26/h3-11,13,15-16,18-19,21,28,33H,12,14,17,20H2,1-2H3/t21-,28+/m1/s1. The minimum atomic E-state index is -3.78. The van der Waals surface area contributed by atoms with E-state index < -0.39 is 16.1 Å². The predicted octanol–water partition coefficient (Wildman–Crippen LogP) is 5.77. The molecule has 39 heavy (non-hydrogen) atoms. The molecule has 5 rings (SSSR count). The molecule has 0 bridgehead atoms. The van der Waals surface area contributed by atoms with E-state index in [0.29, 0.717) is 24.4 Å². The number of hydrogen-bond donors (Lipinski definition) is 1. The SMILES string of the molecule is C[C@H](CC(=O)N(Cc1nccn1C)c1ccc2c(c1)[C@@H](NS(=O)(=O)c1cccc(Cl)c1)CC2)c1ccccc1. The van der Waals surface area contributed by atoms with Crippen molar-refractivity contribution in [1.82, 2.24) is 14.3 Å². The number of halogens is 1. The Balaban J connectivity index is 1.44. The zero-order valence-electron chi connectivity index (χ0n) is 21.9. The second kappa shape index (κ2) is 11.3. The third kappa shape index (κ3) is 6.08. The third-order valence-electron chi connectivity index (χ3n) is 7.29. The lowest BCUT2D eigenvalue weighted by Crippen LogP contribution is -2.32. The molecule has 0 spiro atoms. The topological polar surface area (TPSA) is 84.3 Å².